The lowest BCUT2D eigenvalue weighted by molar-refractivity contribution is -0.137. The molecule has 0 atom stereocenters. The van der Waals surface area contributed by atoms with E-state index in [0.29, 0.717) is 28.5 Å². The van der Waals surface area contributed by atoms with Crippen molar-refractivity contribution >= 4 is 16.5 Å². The van der Waals surface area contributed by atoms with E-state index in [-0.39, 0.29) is 5.56 Å². The van der Waals surface area contributed by atoms with Gasteiger partial charge >= 0.3 is 6.18 Å². The van der Waals surface area contributed by atoms with Crippen LogP contribution < -0.4 is 5.32 Å². The van der Waals surface area contributed by atoms with Gasteiger partial charge < -0.3 is 5.32 Å². The first-order valence-electron chi connectivity index (χ1n) is 6.34. The second-order valence-corrected chi connectivity index (χ2v) is 6.02. The van der Waals surface area contributed by atoms with Crippen LogP contribution in [-0.2, 0) is 6.18 Å². The Hall–Kier alpha value is -1.63. The molecule has 21 heavy (non-hydrogen) atoms. The third kappa shape index (κ3) is 3.93. The van der Waals surface area contributed by atoms with Crippen molar-refractivity contribution in [2.75, 3.05) is 11.9 Å². The first-order valence-corrected chi connectivity index (χ1v) is 7.16. The van der Waals surface area contributed by atoms with Gasteiger partial charge in [-0.15, -0.1) is 0 Å². The Morgan fingerprint density at radius 2 is 2.00 bits per heavy atom. The highest BCUT2D eigenvalue weighted by atomic mass is 32.1. The fraction of sp³-hybridized carbons (Fsp3) is 0.357. The molecule has 0 aliphatic carbocycles. The van der Waals surface area contributed by atoms with E-state index in [4.69, 9.17) is 0 Å². The normalized spacial score (nSPS) is 12.0. The number of anilines is 1. The second kappa shape index (κ2) is 6.01. The predicted octanol–water partition coefficient (Wildman–Crippen LogP) is 5.04. The van der Waals surface area contributed by atoms with Crippen LogP contribution >= 0.6 is 11.3 Å². The number of hydrogen-bond donors (Lipinski definition) is 1. The van der Waals surface area contributed by atoms with Crippen LogP contribution in [0.5, 0.6) is 0 Å². The van der Waals surface area contributed by atoms with Gasteiger partial charge in [0.25, 0.3) is 0 Å². The molecule has 0 saturated carbocycles. The number of alkyl halides is 3. The summed E-state index contributed by atoms with van der Waals surface area (Å²) in [5.41, 5.74) is -1.04. The molecule has 1 N–H and O–H groups in total. The molecular weight excluding hydrogens is 304 g/mol. The Bertz CT molecular complexity index is 620. The zero-order valence-electron chi connectivity index (χ0n) is 11.5. The lowest BCUT2D eigenvalue weighted by atomic mass is 10.1. The highest BCUT2D eigenvalue weighted by molar-refractivity contribution is 7.18. The fourth-order valence-corrected chi connectivity index (χ4v) is 2.60. The lowest BCUT2D eigenvalue weighted by Crippen LogP contribution is -2.07. The maximum absolute atomic E-state index is 13.1. The third-order valence-electron chi connectivity index (χ3n) is 2.72. The van der Waals surface area contributed by atoms with Crippen molar-refractivity contribution in [3.05, 3.63) is 35.8 Å². The maximum atomic E-state index is 13.1. The number of nitrogens with one attached hydrogen (secondary N) is 1. The topological polar surface area (TPSA) is 24.9 Å². The third-order valence-corrected chi connectivity index (χ3v) is 3.71. The van der Waals surface area contributed by atoms with Crippen molar-refractivity contribution in [3.63, 3.8) is 0 Å². The minimum atomic E-state index is -4.60. The van der Waals surface area contributed by atoms with Gasteiger partial charge in [-0.05, 0) is 24.1 Å². The van der Waals surface area contributed by atoms with Crippen LogP contribution in [-0.4, -0.2) is 11.5 Å². The molecule has 2 nitrogen and oxygen atoms in total. The fourth-order valence-electron chi connectivity index (χ4n) is 1.74. The van der Waals surface area contributed by atoms with Crippen molar-refractivity contribution in [1.82, 2.24) is 4.98 Å². The van der Waals surface area contributed by atoms with Gasteiger partial charge in [-0.25, -0.2) is 9.37 Å². The molecule has 114 valence electrons. The van der Waals surface area contributed by atoms with Gasteiger partial charge in [0.2, 0.25) is 0 Å². The Labute approximate surface area is 123 Å². The van der Waals surface area contributed by atoms with E-state index in [0.717, 1.165) is 23.5 Å². The van der Waals surface area contributed by atoms with Gasteiger partial charge in [-0.3, -0.25) is 0 Å². The number of rotatable bonds is 4. The van der Waals surface area contributed by atoms with Crippen molar-refractivity contribution in [2.45, 2.75) is 20.0 Å². The summed E-state index contributed by atoms with van der Waals surface area (Å²) in [4.78, 5) is 4.41. The van der Waals surface area contributed by atoms with E-state index >= 15 is 0 Å². The van der Waals surface area contributed by atoms with Crippen LogP contribution in [0.1, 0.15) is 19.4 Å². The van der Waals surface area contributed by atoms with Gasteiger partial charge in [0, 0.05) is 18.3 Å². The quantitative estimate of drug-likeness (QED) is 0.799. The highest BCUT2D eigenvalue weighted by Gasteiger charge is 2.34. The Morgan fingerprint density at radius 1 is 1.29 bits per heavy atom. The van der Waals surface area contributed by atoms with E-state index in [2.05, 4.69) is 10.3 Å². The maximum Gasteiger partial charge on any atom is 0.417 e. The largest absolute Gasteiger partial charge is 0.417 e. The van der Waals surface area contributed by atoms with Crippen LogP contribution in [0.2, 0.25) is 0 Å². The Morgan fingerprint density at radius 3 is 2.62 bits per heavy atom. The van der Waals surface area contributed by atoms with Crippen LogP contribution in [0, 0.1) is 11.7 Å². The number of hydrogen-bond acceptors (Lipinski definition) is 3. The van der Waals surface area contributed by atoms with E-state index in [9.17, 15) is 17.6 Å². The van der Waals surface area contributed by atoms with E-state index < -0.39 is 17.6 Å². The van der Waals surface area contributed by atoms with Crippen LogP contribution in [0.25, 0.3) is 10.4 Å². The average molecular weight is 318 g/mol. The van der Waals surface area contributed by atoms with Gasteiger partial charge in [0.05, 0.1) is 10.4 Å². The molecule has 7 heteroatoms. The molecule has 1 aromatic carbocycles. The molecule has 0 amide bonds. The van der Waals surface area contributed by atoms with E-state index in [1.54, 1.807) is 0 Å². The van der Waals surface area contributed by atoms with E-state index in [1.165, 1.54) is 6.20 Å². The first-order chi connectivity index (χ1) is 9.77. The monoisotopic (exact) mass is 318 g/mol. The van der Waals surface area contributed by atoms with Crippen LogP contribution in [0.3, 0.4) is 0 Å². The molecule has 0 saturated heterocycles. The summed E-state index contributed by atoms with van der Waals surface area (Å²) in [5.74, 6) is -0.511. The van der Waals surface area contributed by atoms with Crippen molar-refractivity contribution in [2.24, 2.45) is 5.92 Å². The standard InChI is InChI=1S/C14H14F4N2S/c1-8(2)6-19-13-20-7-12(21-13)10-4-3-9(15)5-11(10)14(16,17)18/h3-5,7-8H,6H2,1-2H3,(H,19,20). The molecule has 0 fully saturated rings. The molecule has 0 spiro atoms. The predicted molar refractivity (Wildman–Crippen MR) is 75.8 cm³/mol. The highest BCUT2D eigenvalue weighted by Crippen LogP contribution is 2.40. The first kappa shape index (κ1) is 15.8. The average Bonchev–Trinajstić information content (AvgIpc) is 2.84. The molecule has 0 bridgehead atoms. The van der Waals surface area contributed by atoms with Gasteiger partial charge in [-0.1, -0.05) is 25.2 Å². The van der Waals surface area contributed by atoms with Gasteiger partial charge in [-0.2, -0.15) is 13.2 Å². The summed E-state index contributed by atoms with van der Waals surface area (Å²) in [7, 11) is 0. The lowest BCUT2D eigenvalue weighted by Gasteiger charge is -2.11. The molecule has 0 aliphatic heterocycles. The summed E-state index contributed by atoms with van der Waals surface area (Å²) >= 11 is 1.12. The SMILES string of the molecule is CC(C)CNc1ncc(-c2ccc(F)cc2C(F)(F)F)s1. The molecular formula is C14H14F4N2S. The minimum absolute atomic E-state index is 0.0565. The Balaban J connectivity index is 2.34. The molecule has 2 aromatic rings. The minimum Gasteiger partial charge on any atom is -0.361 e. The van der Waals surface area contributed by atoms with Gasteiger partial charge in [0.1, 0.15) is 5.82 Å². The molecule has 0 radical (unpaired) electrons. The van der Waals surface area contributed by atoms with E-state index in [1.807, 2.05) is 13.8 Å². The van der Waals surface area contributed by atoms with Crippen LogP contribution in [0.4, 0.5) is 22.7 Å². The summed E-state index contributed by atoms with van der Waals surface area (Å²) < 4.78 is 52.0. The smallest absolute Gasteiger partial charge is 0.361 e. The zero-order chi connectivity index (χ0) is 15.6. The van der Waals surface area contributed by atoms with Gasteiger partial charge in [0.15, 0.2) is 5.13 Å². The molecule has 0 unspecified atom stereocenters. The molecule has 1 aromatic heterocycles. The van der Waals surface area contributed by atoms with Crippen molar-refractivity contribution < 1.29 is 17.6 Å². The summed E-state index contributed by atoms with van der Waals surface area (Å²) in [6.07, 6.45) is -3.23. The number of nitrogens with zero attached hydrogens (tertiary/aromatic N) is 1. The number of thiazole rings is 1. The molecule has 1 heterocycles. The number of benzene rings is 1. The van der Waals surface area contributed by atoms with Crippen molar-refractivity contribution in [3.8, 4) is 10.4 Å². The summed E-state index contributed by atoms with van der Waals surface area (Å²) in [6.45, 7) is 4.72. The molecule has 2 rings (SSSR count). The van der Waals surface area contributed by atoms with Crippen LogP contribution in [0.15, 0.2) is 24.4 Å². The molecule has 0 aliphatic rings. The number of halogens is 4. The summed E-state index contributed by atoms with van der Waals surface area (Å²) in [5, 5.41) is 3.61. The number of aromatic nitrogens is 1. The van der Waals surface area contributed by atoms with Crippen molar-refractivity contribution in [1.29, 1.82) is 0 Å². The summed E-state index contributed by atoms with van der Waals surface area (Å²) in [6, 6.07) is 2.67. The Kier molecular flexibility index (Phi) is 4.51. The zero-order valence-corrected chi connectivity index (χ0v) is 12.3. The second-order valence-electron chi connectivity index (χ2n) is 4.99.